The Bertz CT molecular complexity index is 994. The number of para-hydroxylation sites is 1. The molecule has 0 bridgehead atoms. The number of benzene rings is 1. The van der Waals surface area contributed by atoms with Crippen LogP contribution in [0.3, 0.4) is 0 Å². The van der Waals surface area contributed by atoms with Crippen LogP contribution < -0.4 is 10.2 Å². The summed E-state index contributed by atoms with van der Waals surface area (Å²) >= 11 is 1.64. The highest BCUT2D eigenvalue weighted by atomic mass is 32.1. The van der Waals surface area contributed by atoms with Gasteiger partial charge < -0.3 is 10.2 Å². The molecule has 4 rings (SSSR count). The van der Waals surface area contributed by atoms with Crippen LogP contribution in [0.25, 0.3) is 22.3 Å². The highest BCUT2D eigenvalue weighted by Gasteiger charge is 2.10. The van der Waals surface area contributed by atoms with E-state index in [2.05, 4.69) is 15.7 Å². The lowest BCUT2D eigenvalue weighted by Gasteiger charge is -2.13. The van der Waals surface area contributed by atoms with Crippen molar-refractivity contribution in [2.45, 2.75) is 0 Å². The first-order valence-electron chi connectivity index (χ1n) is 7.90. The van der Waals surface area contributed by atoms with E-state index in [0.717, 1.165) is 39.6 Å². The minimum atomic E-state index is 0.723. The lowest BCUT2D eigenvalue weighted by molar-refractivity contribution is 1.07. The summed E-state index contributed by atoms with van der Waals surface area (Å²) in [5.41, 5.74) is 2.84. The number of hydrogen-bond acceptors (Lipinski definition) is 6. The van der Waals surface area contributed by atoms with Gasteiger partial charge in [0.15, 0.2) is 5.82 Å². The van der Waals surface area contributed by atoms with Gasteiger partial charge in [-0.05, 0) is 35.7 Å². The fraction of sp³-hybridized carbons (Fsp3) is 0.105. The fourth-order valence-corrected chi connectivity index (χ4v) is 3.19. The maximum Gasteiger partial charge on any atom is 0.163 e. The van der Waals surface area contributed by atoms with Gasteiger partial charge in [0, 0.05) is 30.4 Å². The largest absolute Gasteiger partial charge is 0.363 e. The second-order valence-electron chi connectivity index (χ2n) is 5.85. The maximum atomic E-state index is 4.74. The highest BCUT2D eigenvalue weighted by molar-refractivity contribution is 7.08. The van der Waals surface area contributed by atoms with Crippen LogP contribution in [0.1, 0.15) is 0 Å². The third-order valence-electron chi connectivity index (χ3n) is 3.85. The van der Waals surface area contributed by atoms with Crippen LogP contribution in [-0.4, -0.2) is 29.0 Å². The van der Waals surface area contributed by atoms with E-state index in [1.54, 1.807) is 11.3 Å². The predicted molar refractivity (Wildman–Crippen MR) is 105 cm³/mol. The fourth-order valence-electron chi connectivity index (χ4n) is 2.55. The molecule has 3 heterocycles. The summed E-state index contributed by atoms with van der Waals surface area (Å²) in [5, 5.41) is 8.46. The summed E-state index contributed by atoms with van der Waals surface area (Å²) in [7, 11) is 3.95. The van der Waals surface area contributed by atoms with Crippen molar-refractivity contribution in [2.75, 3.05) is 24.3 Å². The van der Waals surface area contributed by atoms with Gasteiger partial charge >= 0.3 is 0 Å². The second kappa shape index (κ2) is 6.49. The summed E-state index contributed by atoms with van der Waals surface area (Å²) in [6.45, 7) is 0. The van der Waals surface area contributed by atoms with Gasteiger partial charge in [0.05, 0.1) is 17.4 Å². The van der Waals surface area contributed by atoms with Crippen LogP contribution in [0.4, 0.5) is 17.3 Å². The molecule has 0 unspecified atom stereocenters. The molecule has 0 fully saturated rings. The zero-order chi connectivity index (χ0) is 17.2. The molecule has 0 saturated carbocycles. The molecule has 0 amide bonds. The van der Waals surface area contributed by atoms with E-state index in [0.29, 0.717) is 0 Å². The number of aromatic nitrogens is 3. The van der Waals surface area contributed by atoms with Crippen molar-refractivity contribution in [1.82, 2.24) is 15.0 Å². The Morgan fingerprint density at radius 1 is 1.00 bits per heavy atom. The molecule has 1 N–H and O–H groups in total. The minimum absolute atomic E-state index is 0.723. The monoisotopic (exact) mass is 347 g/mol. The van der Waals surface area contributed by atoms with Gasteiger partial charge in [0.1, 0.15) is 11.6 Å². The molecule has 3 aromatic heterocycles. The summed E-state index contributed by atoms with van der Waals surface area (Å²) in [4.78, 5) is 15.9. The van der Waals surface area contributed by atoms with Crippen LogP contribution in [0, 0.1) is 0 Å². The van der Waals surface area contributed by atoms with Crippen LogP contribution in [0.15, 0.2) is 59.4 Å². The first kappa shape index (κ1) is 15.5. The van der Waals surface area contributed by atoms with Crippen molar-refractivity contribution in [3.8, 4) is 11.4 Å². The van der Waals surface area contributed by atoms with E-state index in [-0.39, 0.29) is 0 Å². The van der Waals surface area contributed by atoms with Crippen molar-refractivity contribution >= 4 is 39.6 Å². The number of fused-ring (bicyclic) bond motifs is 1. The molecule has 25 heavy (non-hydrogen) atoms. The van der Waals surface area contributed by atoms with E-state index in [1.165, 1.54) is 0 Å². The summed E-state index contributed by atoms with van der Waals surface area (Å²) < 4.78 is 0. The predicted octanol–water partition coefficient (Wildman–Crippen LogP) is 4.56. The molecule has 0 aliphatic heterocycles. The third kappa shape index (κ3) is 3.16. The maximum absolute atomic E-state index is 4.74. The van der Waals surface area contributed by atoms with Crippen LogP contribution in [0.5, 0.6) is 0 Å². The molecule has 5 nitrogen and oxygen atoms in total. The zero-order valence-corrected chi connectivity index (χ0v) is 14.8. The van der Waals surface area contributed by atoms with Crippen molar-refractivity contribution in [2.24, 2.45) is 0 Å². The lowest BCUT2D eigenvalue weighted by Crippen LogP contribution is -2.10. The van der Waals surface area contributed by atoms with Gasteiger partial charge in [-0.1, -0.05) is 12.1 Å². The second-order valence-corrected chi connectivity index (χ2v) is 6.63. The SMILES string of the molecule is CN(C)c1ccc(Nc2nc(-c3ccsc3)nc3ccccc23)cn1. The Labute approximate surface area is 150 Å². The molecule has 0 atom stereocenters. The van der Waals surface area contributed by atoms with E-state index in [4.69, 9.17) is 9.97 Å². The number of hydrogen-bond donors (Lipinski definition) is 1. The molecule has 0 aliphatic carbocycles. The number of pyridine rings is 1. The van der Waals surface area contributed by atoms with Gasteiger partial charge in [0.2, 0.25) is 0 Å². The smallest absolute Gasteiger partial charge is 0.163 e. The summed E-state index contributed by atoms with van der Waals surface area (Å²) in [6, 6.07) is 14.0. The van der Waals surface area contributed by atoms with Crippen molar-refractivity contribution in [1.29, 1.82) is 0 Å². The average molecular weight is 347 g/mol. The molecule has 0 saturated heterocycles. The Hall–Kier alpha value is -2.99. The first-order chi connectivity index (χ1) is 12.2. The Balaban J connectivity index is 1.77. The van der Waals surface area contributed by atoms with Crippen LogP contribution in [-0.2, 0) is 0 Å². The highest BCUT2D eigenvalue weighted by Crippen LogP contribution is 2.28. The van der Waals surface area contributed by atoms with Crippen molar-refractivity contribution in [3.05, 3.63) is 59.4 Å². The average Bonchev–Trinajstić information content (AvgIpc) is 3.17. The molecule has 0 spiro atoms. The van der Waals surface area contributed by atoms with Crippen molar-refractivity contribution < 1.29 is 0 Å². The summed E-state index contributed by atoms with van der Waals surface area (Å²) in [6.07, 6.45) is 1.82. The van der Waals surface area contributed by atoms with Gasteiger partial charge in [-0.2, -0.15) is 11.3 Å². The van der Waals surface area contributed by atoms with E-state index >= 15 is 0 Å². The molecule has 4 aromatic rings. The normalized spacial score (nSPS) is 10.8. The minimum Gasteiger partial charge on any atom is -0.363 e. The first-order valence-corrected chi connectivity index (χ1v) is 8.85. The molecule has 0 aliphatic rings. The standard InChI is InChI=1S/C19H17N5S/c1-24(2)17-8-7-14(11-20-17)21-19-15-5-3-4-6-16(15)22-18(23-19)13-9-10-25-12-13/h3-12H,1-2H3,(H,21,22,23). The Morgan fingerprint density at radius 2 is 1.88 bits per heavy atom. The van der Waals surface area contributed by atoms with Crippen molar-refractivity contribution in [3.63, 3.8) is 0 Å². The molecule has 6 heteroatoms. The molecule has 0 radical (unpaired) electrons. The number of nitrogens with one attached hydrogen (secondary N) is 1. The molecular weight excluding hydrogens is 330 g/mol. The number of nitrogens with zero attached hydrogens (tertiary/aromatic N) is 4. The number of anilines is 3. The number of rotatable bonds is 4. The van der Waals surface area contributed by atoms with Crippen LogP contribution in [0.2, 0.25) is 0 Å². The Kier molecular flexibility index (Phi) is 4.03. The topological polar surface area (TPSA) is 53.9 Å². The lowest BCUT2D eigenvalue weighted by atomic mass is 10.2. The van der Waals surface area contributed by atoms with Gasteiger partial charge in [0.25, 0.3) is 0 Å². The Morgan fingerprint density at radius 3 is 2.60 bits per heavy atom. The summed E-state index contributed by atoms with van der Waals surface area (Å²) in [5.74, 6) is 2.42. The van der Waals surface area contributed by atoms with Gasteiger partial charge in [-0.15, -0.1) is 0 Å². The zero-order valence-electron chi connectivity index (χ0n) is 14.0. The van der Waals surface area contributed by atoms with Gasteiger partial charge in [-0.3, -0.25) is 0 Å². The van der Waals surface area contributed by atoms with E-state index in [9.17, 15) is 0 Å². The molecular formula is C19H17N5S. The van der Waals surface area contributed by atoms with E-state index < -0.39 is 0 Å². The molecule has 1 aromatic carbocycles. The third-order valence-corrected chi connectivity index (χ3v) is 4.53. The molecule has 124 valence electrons. The van der Waals surface area contributed by atoms with Crippen LogP contribution >= 0.6 is 11.3 Å². The van der Waals surface area contributed by atoms with E-state index in [1.807, 2.05) is 73.0 Å². The number of thiophene rings is 1. The van der Waals surface area contributed by atoms with Gasteiger partial charge in [-0.25, -0.2) is 15.0 Å². The quantitative estimate of drug-likeness (QED) is 0.586.